The van der Waals surface area contributed by atoms with Crippen molar-refractivity contribution >= 4 is 34.5 Å². The summed E-state index contributed by atoms with van der Waals surface area (Å²) in [6, 6.07) is 4.08. The van der Waals surface area contributed by atoms with Gasteiger partial charge in [0, 0.05) is 9.75 Å². The molecule has 0 saturated carbocycles. The van der Waals surface area contributed by atoms with Crippen molar-refractivity contribution in [3.8, 4) is 0 Å². The van der Waals surface area contributed by atoms with Gasteiger partial charge < -0.3 is 0 Å². The van der Waals surface area contributed by atoms with Crippen LogP contribution in [-0.2, 0) is 13.0 Å². The summed E-state index contributed by atoms with van der Waals surface area (Å²) in [5.41, 5.74) is -0.307. The van der Waals surface area contributed by atoms with Crippen LogP contribution < -0.4 is 5.56 Å². The highest BCUT2D eigenvalue weighted by Gasteiger charge is 2.08. The fraction of sp³-hybridized carbons (Fsp3) is 0.273. The van der Waals surface area contributed by atoms with E-state index in [-0.39, 0.29) is 15.7 Å². The van der Waals surface area contributed by atoms with E-state index in [1.807, 2.05) is 6.07 Å². The number of halogens is 2. The lowest BCUT2D eigenvalue weighted by Gasteiger charge is -2.03. The predicted molar refractivity (Wildman–Crippen MR) is 71.3 cm³/mol. The molecule has 0 saturated heterocycles. The molecule has 0 aliphatic heterocycles. The second kappa shape index (κ2) is 5.21. The van der Waals surface area contributed by atoms with Gasteiger partial charge in [-0.2, -0.15) is 0 Å². The third-order valence-corrected chi connectivity index (χ3v) is 4.27. The largest absolute Gasteiger partial charge is 0.293 e. The monoisotopic (exact) mass is 288 g/mol. The van der Waals surface area contributed by atoms with Crippen LogP contribution in [0.2, 0.25) is 10.2 Å². The van der Waals surface area contributed by atoms with Crippen LogP contribution in [-0.4, -0.2) is 9.55 Å². The summed E-state index contributed by atoms with van der Waals surface area (Å²) in [6.07, 6.45) is 2.42. The fourth-order valence-corrected chi connectivity index (χ4v) is 2.66. The van der Waals surface area contributed by atoms with E-state index >= 15 is 0 Å². The summed E-state index contributed by atoms with van der Waals surface area (Å²) in [4.78, 5) is 18.0. The second-order valence-corrected chi connectivity index (χ2v) is 5.49. The summed E-state index contributed by atoms with van der Waals surface area (Å²) in [6.45, 7) is 2.58. The molecule has 2 aromatic rings. The lowest BCUT2D eigenvalue weighted by atomic mass is 10.3. The molecule has 0 spiro atoms. The number of aryl methyl sites for hydroxylation is 1. The van der Waals surface area contributed by atoms with Gasteiger partial charge in [-0.3, -0.25) is 9.36 Å². The first-order valence-corrected chi connectivity index (χ1v) is 6.67. The molecular formula is C11H10Cl2N2OS. The zero-order chi connectivity index (χ0) is 12.4. The molecule has 0 atom stereocenters. The molecule has 0 fully saturated rings. The van der Waals surface area contributed by atoms with Crippen LogP contribution >= 0.6 is 34.5 Å². The maximum absolute atomic E-state index is 11.8. The highest BCUT2D eigenvalue weighted by molar-refractivity contribution is 7.11. The van der Waals surface area contributed by atoms with Gasteiger partial charge in [0.05, 0.1) is 12.9 Å². The minimum Gasteiger partial charge on any atom is -0.293 e. The molecular weight excluding hydrogens is 279 g/mol. The van der Waals surface area contributed by atoms with E-state index in [4.69, 9.17) is 23.2 Å². The Morgan fingerprint density at radius 1 is 1.35 bits per heavy atom. The topological polar surface area (TPSA) is 34.9 Å². The van der Waals surface area contributed by atoms with Crippen molar-refractivity contribution in [2.75, 3.05) is 0 Å². The van der Waals surface area contributed by atoms with Gasteiger partial charge in [-0.15, -0.1) is 11.3 Å². The maximum Gasteiger partial charge on any atom is 0.274 e. The van der Waals surface area contributed by atoms with Gasteiger partial charge >= 0.3 is 0 Å². The molecule has 3 nitrogen and oxygen atoms in total. The molecule has 0 bridgehead atoms. The third-order valence-electron chi connectivity index (χ3n) is 2.33. The number of hydrogen-bond acceptors (Lipinski definition) is 3. The van der Waals surface area contributed by atoms with Crippen molar-refractivity contribution < 1.29 is 0 Å². The standard InChI is InChI=1S/C11H10Cl2N2OS/c1-2-7-3-4-8(17-7)5-15-6-14-10(13)9(12)11(15)16/h3-4,6H,2,5H2,1H3. The van der Waals surface area contributed by atoms with Crippen molar-refractivity contribution in [3.63, 3.8) is 0 Å². The summed E-state index contributed by atoms with van der Waals surface area (Å²) in [5.74, 6) is 0. The van der Waals surface area contributed by atoms with Gasteiger partial charge in [0.15, 0.2) is 5.15 Å². The fourth-order valence-electron chi connectivity index (χ4n) is 1.42. The first-order valence-electron chi connectivity index (χ1n) is 5.10. The molecule has 90 valence electrons. The van der Waals surface area contributed by atoms with Crippen molar-refractivity contribution in [2.24, 2.45) is 0 Å². The van der Waals surface area contributed by atoms with Crippen LogP contribution in [0.3, 0.4) is 0 Å². The van der Waals surface area contributed by atoms with Crippen LogP contribution in [0.25, 0.3) is 0 Å². The molecule has 0 N–H and O–H groups in total. The van der Waals surface area contributed by atoms with E-state index in [1.165, 1.54) is 15.8 Å². The maximum atomic E-state index is 11.8. The first-order chi connectivity index (χ1) is 8.11. The van der Waals surface area contributed by atoms with E-state index in [2.05, 4.69) is 18.0 Å². The van der Waals surface area contributed by atoms with Crippen LogP contribution in [0.4, 0.5) is 0 Å². The van der Waals surface area contributed by atoms with Gasteiger partial charge in [0.25, 0.3) is 5.56 Å². The zero-order valence-corrected chi connectivity index (χ0v) is 11.4. The molecule has 0 aromatic carbocycles. The SMILES string of the molecule is CCc1ccc(Cn2cnc(Cl)c(Cl)c2=O)s1. The highest BCUT2D eigenvalue weighted by Crippen LogP contribution is 2.18. The minimum atomic E-state index is -0.307. The average Bonchev–Trinajstić information content (AvgIpc) is 2.78. The lowest BCUT2D eigenvalue weighted by Crippen LogP contribution is -2.21. The Labute approximate surface area is 113 Å². The molecule has 6 heteroatoms. The normalized spacial score (nSPS) is 10.8. The van der Waals surface area contributed by atoms with Gasteiger partial charge in [0.2, 0.25) is 0 Å². The Balaban J connectivity index is 2.30. The summed E-state index contributed by atoms with van der Waals surface area (Å²) in [7, 11) is 0. The summed E-state index contributed by atoms with van der Waals surface area (Å²) < 4.78 is 1.46. The van der Waals surface area contributed by atoms with Gasteiger partial charge in [-0.25, -0.2) is 4.98 Å². The number of hydrogen-bond donors (Lipinski definition) is 0. The second-order valence-electron chi connectivity index (χ2n) is 3.50. The molecule has 0 unspecified atom stereocenters. The number of nitrogens with zero attached hydrogens (tertiary/aromatic N) is 2. The highest BCUT2D eigenvalue weighted by atomic mass is 35.5. The van der Waals surface area contributed by atoms with Crippen LogP contribution in [0.5, 0.6) is 0 Å². The van der Waals surface area contributed by atoms with Crippen molar-refractivity contribution in [1.82, 2.24) is 9.55 Å². The van der Waals surface area contributed by atoms with E-state index in [9.17, 15) is 4.79 Å². The average molecular weight is 289 g/mol. The Bertz CT molecular complexity index is 591. The van der Waals surface area contributed by atoms with E-state index in [0.29, 0.717) is 6.54 Å². The van der Waals surface area contributed by atoms with Crippen molar-refractivity contribution in [3.05, 3.63) is 48.7 Å². The summed E-state index contributed by atoms with van der Waals surface area (Å²) >= 11 is 13.1. The minimum absolute atomic E-state index is 0.0264. The van der Waals surface area contributed by atoms with E-state index in [1.54, 1.807) is 11.3 Å². The third kappa shape index (κ3) is 2.70. The molecule has 0 amide bonds. The number of aromatic nitrogens is 2. The Morgan fingerprint density at radius 3 is 2.71 bits per heavy atom. The molecule has 0 aliphatic rings. The zero-order valence-electron chi connectivity index (χ0n) is 9.11. The molecule has 0 aliphatic carbocycles. The van der Waals surface area contributed by atoms with E-state index < -0.39 is 0 Å². The quantitative estimate of drug-likeness (QED) is 0.813. The van der Waals surface area contributed by atoms with Gasteiger partial charge in [0.1, 0.15) is 5.02 Å². The molecule has 2 rings (SSSR count). The Kier molecular flexibility index (Phi) is 3.86. The smallest absolute Gasteiger partial charge is 0.274 e. The number of thiophene rings is 1. The van der Waals surface area contributed by atoms with Crippen LogP contribution in [0.15, 0.2) is 23.3 Å². The molecule has 0 radical (unpaired) electrons. The van der Waals surface area contributed by atoms with Crippen LogP contribution in [0, 0.1) is 0 Å². The number of rotatable bonds is 3. The first kappa shape index (κ1) is 12.6. The van der Waals surface area contributed by atoms with Crippen molar-refractivity contribution in [2.45, 2.75) is 19.9 Å². The van der Waals surface area contributed by atoms with Crippen LogP contribution in [0.1, 0.15) is 16.7 Å². The Hall–Kier alpha value is -0.840. The molecule has 2 aromatic heterocycles. The Morgan fingerprint density at radius 2 is 2.06 bits per heavy atom. The predicted octanol–water partition coefficient (Wildman–Crippen LogP) is 3.22. The van der Waals surface area contributed by atoms with Gasteiger partial charge in [-0.1, -0.05) is 30.1 Å². The lowest BCUT2D eigenvalue weighted by molar-refractivity contribution is 0.745. The van der Waals surface area contributed by atoms with E-state index in [0.717, 1.165) is 11.3 Å². The van der Waals surface area contributed by atoms with Gasteiger partial charge in [-0.05, 0) is 18.6 Å². The molecule has 17 heavy (non-hydrogen) atoms. The van der Waals surface area contributed by atoms with Crippen molar-refractivity contribution in [1.29, 1.82) is 0 Å². The summed E-state index contributed by atoms with van der Waals surface area (Å²) in [5, 5.41) is 0.0229. The molecule has 2 heterocycles.